The molecule has 0 saturated heterocycles. The van der Waals surface area contributed by atoms with E-state index in [2.05, 4.69) is 0 Å². The number of nitro groups is 1. The number of non-ortho nitro benzene ring substituents is 1. The Kier molecular flexibility index (Phi) is 4.46. The van der Waals surface area contributed by atoms with Crippen molar-refractivity contribution in [3.05, 3.63) is 27.8 Å². The lowest BCUT2D eigenvalue weighted by atomic mass is 9.98. The first-order valence-corrected chi connectivity index (χ1v) is 5.41. The Balaban J connectivity index is 3.33. The SMILES string of the molecule is CC[C@@H](O)[C@@H](N)c1cc([N+](=O)[O-])cc(OC)c1O. The van der Waals surface area contributed by atoms with Crippen molar-refractivity contribution in [1.82, 2.24) is 0 Å². The van der Waals surface area contributed by atoms with E-state index >= 15 is 0 Å². The van der Waals surface area contributed by atoms with Gasteiger partial charge in [0.05, 0.1) is 30.2 Å². The summed E-state index contributed by atoms with van der Waals surface area (Å²) in [6, 6.07) is 1.33. The van der Waals surface area contributed by atoms with E-state index in [1.165, 1.54) is 7.11 Å². The van der Waals surface area contributed by atoms with Gasteiger partial charge in [-0.15, -0.1) is 0 Å². The predicted molar refractivity (Wildman–Crippen MR) is 64.5 cm³/mol. The molecule has 1 rings (SSSR count). The maximum atomic E-state index is 10.8. The normalized spacial score (nSPS) is 14.0. The number of phenols is 1. The predicted octanol–water partition coefficient (Wildman–Crippen LogP) is 1.08. The number of aliphatic hydroxyl groups excluding tert-OH is 1. The highest BCUT2D eigenvalue weighted by molar-refractivity contribution is 5.54. The lowest BCUT2D eigenvalue weighted by Crippen LogP contribution is -2.25. The van der Waals surface area contributed by atoms with Crippen molar-refractivity contribution in [2.75, 3.05) is 7.11 Å². The number of aliphatic hydroxyl groups is 1. The Morgan fingerprint density at radius 3 is 2.61 bits per heavy atom. The number of methoxy groups -OCH3 is 1. The van der Waals surface area contributed by atoms with Crippen molar-refractivity contribution < 1.29 is 19.9 Å². The van der Waals surface area contributed by atoms with Crippen LogP contribution < -0.4 is 10.5 Å². The van der Waals surface area contributed by atoms with E-state index in [0.717, 1.165) is 12.1 Å². The van der Waals surface area contributed by atoms with Crippen LogP contribution in [0.1, 0.15) is 24.9 Å². The van der Waals surface area contributed by atoms with Gasteiger partial charge in [0.1, 0.15) is 0 Å². The van der Waals surface area contributed by atoms with Crippen LogP contribution in [-0.4, -0.2) is 28.4 Å². The average Bonchev–Trinajstić information content (AvgIpc) is 2.36. The molecule has 0 aliphatic heterocycles. The highest BCUT2D eigenvalue weighted by Crippen LogP contribution is 2.38. The van der Waals surface area contributed by atoms with Gasteiger partial charge >= 0.3 is 0 Å². The van der Waals surface area contributed by atoms with Gasteiger partial charge in [0.25, 0.3) is 5.69 Å². The molecule has 2 atom stereocenters. The average molecular weight is 256 g/mol. The lowest BCUT2D eigenvalue weighted by Gasteiger charge is -2.19. The van der Waals surface area contributed by atoms with Crippen molar-refractivity contribution in [1.29, 1.82) is 0 Å². The topological polar surface area (TPSA) is 119 Å². The molecule has 0 unspecified atom stereocenters. The molecular weight excluding hydrogens is 240 g/mol. The van der Waals surface area contributed by atoms with Crippen LogP contribution in [0.15, 0.2) is 12.1 Å². The smallest absolute Gasteiger partial charge is 0.273 e. The number of nitrogens with zero attached hydrogens (tertiary/aromatic N) is 1. The number of phenolic OH excluding ortho intramolecular Hbond substituents is 1. The van der Waals surface area contributed by atoms with Crippen molar-refractivity contribution in [2.45, 2.75) is 25.5 Å². The number of aromatic hydroxyl groups is 1. The number of nitrogens with two attached hydrogens (primary N) is 1. The van der Waals surface area contributed by atoms with E-state index in [0.29, 0.717) is 6.42 Å². The minimum absolute atomic E-state index is 0.0436. The van der Waals surface area contributed by atoms with Gasteiger partial charge in [0.15, 0.2) is 11.5 Å². The standard InChI is InChI=1S/C11H16N2O5/c1-3-8(14)10(12)7-4-6(13(16)17)5-9(18-2)11(7)15/h4-5,8,10,14-15H,3,12H2,1-2H3/t8-,10+/m1/s1. The fourth-order valence-corrected chi connectivity index (χ4v) is 1.59. The molecular formula is C11H16N2O5. The Morgan fingerprint density at radius 2 is 2.17 bits per heavy atom. The second-order valence-corrected chi connectivity index (χ2v) is 3.84. The zero-order valence-corrected chi connectivity index (χ0v) is 10.2. The van der Waals surface area contributed by atoms with E-state index < -0.39 is 17.1 Å². The van der Waals surface area contributed by atoms with Crippen LogP contribution in [-0.2, 0) is 0 Å². The van der Waals surface area contributed by atoms with Gasteiger partial charge in [0.2, 0.25) is 0 Å². The van der Waals surface area contributed by atoms with Crippen LogP contribution in [0.3, 0.4) is 0 Å². The third-order valence-electron chi connectivity index (χ3n) is 2.71. The number of hydrogen-bond donors (Lipinski definition) is 3. The molecule has 0 heterocycles. The van der Waals surface area contributed by atoms with Gasteiger partial charge < -0.3 is 20.7 Å². The van der Waals surface area contributed by atoms with Crippen LogP contribution >= 0.6 is 0 Å². The minimum Gasteiger partial charge on any atom is -0.504 e. The molecule has 0 bridgehead atoms. The molecule has 0 aromatic heterocycles. The molecule has 7 nitrogen and oxygen atoms in total. The third-order valence-corrected chi connectivity index (χ3v) is 2.71. The molecule has 100 valence electrons. The quantitative estimate of drug-likeness (QED) is 0.535. The van der Waals surface area contributed by atoms with Crippen molar-refractivity contribution in [3.8, 4) is 11.5 Å². The Bertz CT molecular complexity index is 449. The van der Waals surface area contributed by atoms with Crippen molar-refractivity contribution in [3.63, 3.8) is 0 Å². The molecule has 4 N–H and O–H groups in total. The number of nitro benzene ring substituents is 1. The first kappa shape index (κ1) is 14.2. The highest BCUT2D eigenvalue weighted by atomic mass is 16.6. The summed E-state index contributed by atoms with van der Waals surface area (Å²) in [5, 5.41) is 30.3. The summed E-state index contributed by atoms with van der Waals surface area (Å²) < 4.78 is 4.85. The highest BCUT2D eigenvalue weighted by Gasteiger charge is 2.24. The first-order valence-electron chi connectivity index (χ1n) is 5.41. The summed E-state index contributed by atoms with van der Waals surface area (Å²) >= 11 is 0. The van der Waals surface area contributed by atoms with E-state index in [-0.39, 0.29) is 22.7 Å². The van der Waals surface area contributed by atoms with Crippen molar-refractivity contribution >= 4 is 5.69 Å². The third kappa shape index (κ3) is 2.69. The number of hydrogen-bond acceptors (Lipinski definition) is 6. The van der Waals surface area contributed by atoms with E-state index in [1.54, 1.807) is 6.92 Å². The van der Waals surface area contributed by atoms with Gasteiger partial charge in [-0.1, -0.05) is 6.92 Å². The Labute approximate surface area is 104 Å². The van der Waals surface area contributed by atoms with E-state index in [9.17, 15) is 20.3 Å². The zero-order valence-electron chi connectivity index (χ0n) is 10.2. The Hall–Kier alpha value is -1.86. The fourth-order valence-electron chi connectivity index (χ4n) is 1.59. The van der Waals surface area contributed by atoms with E-state index in [1.807, 2.05) is 0 Å². The van der Waals surface area contributed by atoms with Crippen LogP contribution in [0.4, 0.5) is 5.69 Å². The molecule has 1 aromatic rings. The van der Waals surface area contributed by atoms with E-state index in [4.69, 9.17) is 10.5 Å². The monoisotopic (exact) mass is 256 g/mol. The summed E-state index contributed by atoms with van der Waals surface area (Å²) in [5.74, 6) is -0.332. The van der Waals surface area contributed by atoms with Gasteiger partial charge in [0, 0.05) is 11.6 Å². The molecule has 0 aliphatic rings. The molecule has 0 radical (unpaired) electrons. The number of benzene rings is 1. The molecule has 0 saturated carbocycles. The molecule has 0 spiro atoms. The van der Waals surface area contributed by atoms with Gasteiger partial charge in [-0.2, -0.15) is 0 Å². The fraction of sp³-hybridized carbons (Fsp3) is 0.455. The maximum Gasteiger partial charge on any atom is 0.273 e. The summed E-state index contributed by atoms with van der Waals surface area (Å²) in [6.07, 6.45) is -0.534. The molecule has 1 aromatic carbocycles. The Morgan fingerprint density at radius 1 is 1.56 bits per heavy atom. The van der Waals surface area contributed by atoms with Crippen LogP contribution in [0.2, 0.25) is 0 Å². The molecule has 0 fully saturated rings. The summed E-state index contributed by atoms with van der Waals surface area (Å²) in [5.41, 5.74) is 5.60. The van der Waals surface area contributed by atoms with Crippen molar-refractivity contribution in [2.24, 2.45) is 5.73 Å². The summed E-state index contributed by atoms with van der Waals surface area (Å²) in [4.78, 5) is 10.1. The number of rotatable bonds is 5. The van der Waals surface area contributed by atoms with Crippen LogP contribution in [0.25, 0.3) is 0 Å². The second-order valence-electron chi connectivity index (χ2n) is 3.84. The summed E-state index contributed by atoms with van der Waals surface area (Å²) in [7, 11) is 1.28. The second kappa shape index (κ2) is 5.65. The first-order chi connectivity index (χ1) is 8.42. The summed E-state index contributed by atoms with van der Waals surface area (Å²) in [6.45, 7) is 1.72. The van der Waals surface area contributed by atoms with Gasteiger partial charge in [-0.3, -0.25) is 10.1 Å². The molecule has 0 amide bonds. The lowest BCUT2D eigenvalue weighted by molar-refractivity contribution is -0.385. The molecule has 7 heteroatoms. The number of ether oxygens (including phenoxy) is 1. The minimum atomic E-state index is -0.913. The van der Waals surface area contributed by atoms with Gasteiger partial charge in [-0.25, -0.2) is 0 Å². The maximum absolute atomic E-state index is 10.8. The zero-order chi connectivity index (χ0) is 13.9. The largest absolute Gasteiger partial charge is 0.504 e. The van der Waals surface area contributed by atoms with Crippen LogP contribution in [0.5, 0.6) is 11.5 Å². The van der Waals surface area contributed by atoms with Crippen LogP contribution in [0, 0.1) is 10.1 Å². The van der Waals surface area contributed by atoms with Gasteiger partial charge in [-0.05, 0) is 6.42 Å². The molecule has 18 heavy (non-hydrogen) atoms. The molecule has 0 aliphatic carbocycles.